The Morgan fingerprint density at radius 2 is 0.947 bits per heavy atom. The van der Waals surface area contributed by atoms with Gasteiger partial charge in [0.05, 0.1) is 5.41 Å². The summed E-state index contributed by atoms with van der Waals surface area (Å²) in [6.45, 7) is 29.9. The number of rotatable bonds is 18. The zero-order valence-electron chi connectivity index (χ0n) is 46.8. The molecule has 1 unspecified atom stereocenters. The van der Waals surface area contributed by atoms with Gasteiger partial charge in [-0.1, -0.05) is 147 Å². The van der Waals surface area contributed by atoms with Crippen LogP contribution in [0.1, 0.15) is 75.9 Å². The van der Waals surface area contributed by atoms with Gasteiger partial charge in [-0.15, -0.1) is 0 Å². The second-order valence-electron chi connectivity index (χ2n) is 23.3. The van der Waals surface area contributed by atoms with E-state index in [0.29, 0.717) is 29.4 Å². The molecule has 0 N–H and O–H groups in total. The van der Waals surface area contributed by atoms with Crippen molar-refractivity contribution in [3.05, 3.63) is 213 Å². The van der Waals surface area contributed by atoms with Crippen molar-refractivity contribution in [2.24, 2.45) is 0 Å². The van der Waals surface area contributed by atoms with E-state index in [0.717, 1.165) is 68.1 Å². The van der Waals surface area contributed by atoms with Crippen LogP contribution >= 0.6 is 0 Å². The Hall–Kier alpha value is -6.17. The number of para-hydroxylation sites is 1. The van der Waals surface area contributed by atoms with Crippen molar-refractivity contribution in [3.8, 4) is 34.1 Å². The molecule has 13 heteroatoms. The Balaban J connectivity index is 1.05. The summed E-state index contributed by atoms with van der Waals surface area (Å²) in [6.07, 6.45) is -0.264. The van der Waals surface area contributed by atoms with E-state index >= 15 is 0 Å². The second kappa shape index (κ2) is 22.1. The van der Waals surface area contributed by atoms with Crippen LogP contribution in [0.15, 0.2) is 158 Å². The van der Waals surface area contributed by atoms with Crippen LogP contribution in [0.25, 0.3) is 11.1 Å². The van der Waals surface area contributed by atoms with Crippen molar-refractivity contribution in [2.45, 2.75) is 123 Å². The third-order valence-corrected chi connectivity index (χ3v) is 27.5. The molecule has 0 radical (unpaired) electrons. The monoisotopic (exact) mass is 1090 g/mol. The van der Waals surface area contributed by atoms with Gasteiger partial charge in [-0.3, -0.25) is 0 Å². The lowest BCUT2D eigenvalue weighted by molar-refractivity contribution is 0.150. The van der Waals surface area contributed by atoms with Gasteiger partial charge in [0.15, 0.2) is 16.6 Å². The summed E-state index contributed by atoms with van der Waals surface area (Å²) in [7, 11) is -8.93. The summed E-state index contributed by atoms with van der Waals surface area (Å²) >= 11 is 0. The molecule has 0 saturated heterocycles. The van der Waals surface area contributed by atoms with E-state index in [2.05, 4.69) is 140 Å². The third kappa shape index (κ3) is 12.8. The maximum absolute atomic E-state index is 14.0. The van der Waals surface area contributed by atoms with E-state index in [1.165, 1.54) is 11.1 Å². The number of carbonyl (C=O) groups excluding carboxylic acids is 2. The molecular formula is C63H74O9Si4. The first-order valence-corrected chi connectivity index (χ1v) is 38.5. The highest BCUT2D eigenvalue weighted by molar-refractivity contribution is 6.89. The Bertz CT molecular complexity index is 3180. The largest absolute Gasteiger partial charge is 0.519 e. The highest BCUT2D eigenvalue weighted by Gasteiger charge is 2.47. The Morgan fingerprint density at radius 1 is 0.487 bits per heavy atom. The fourth-order valence-corrected chi connectivity index (χ4v) is 28.8. The van der Waals surface area contributed by atoms with E-state index in [1.807, 2.05) is 98.8 Å². The molecule has 8 rings (SSSR count). The normalized spacial score (nSPS) is 14.0. The molecule has 76 heavy (non-hydrogen) atoms. The molecule has 0 saturated carbocycles. The molecule has 7 aromatic carbocycles. The molecular weight excluding hydrogens is 1010 g/mol. The van der Waals surface area contributed by atoms with Gasteiger partial charge in [0.25, 0.3) is 0 Å². The van der Waals surface area contributed by atoms with E-state index < -0.39 is 51.5 Å². The van der Waals surface area contributed by atoms with Gasteiger partial charge in [0.1, 0.15) is 23.0 Å². The molecule has 396 valence electrons. The Kier molecular flexibility index (Phi) is 16.3. The number of carbonyl (C=O) groups is 2. The number of aryl methyl sites for hydroxylation is 4. The van der Waals surface area contributed by atoms with Gasteiger partial charge in [-0.25, -0.2) is 9.59 Å². The molecule has 0 amide bonds. The number of benzene rings is 7. The smallest absolute Gasteiger partial charge is 0.437 e. The van der Waals surface area contributed by atoms with Gasteiger partial charge in [0.2, 0.25) is 0 Å². The molecule has 1 aliphatic rings. The van der Waals surface area contributed by atoms with Crippen LogP contribution in [0, 0.1) is 20.8 Å². The standard InChI is InChI=1S/C63H74O9Si4/c1-44-29-33-48(34-30-44)62(4,5)49-37-39-52(40-38-49)66-60(64)68-58-42-50(35-31-45(58)2)63(55-26-18-16-24-53(55)54-25-17-19-27-56(54)63)51-36-32-46(3)59(43-51)69-61(65)67-57-28-20-15-22-47(57)23-21-41-76(14,71-74(9,10)11)72-75(12,13)70-73(6,7)8/h15-20,22,24-40,42-43H,21,23,41H2,1-14H3. The van der Waals surface area contributed by atoms with Gasteiger partial charge < -0.3 is 31.3 Å². The van der Waals surface area contributed by atoms with Gasteiger partial charge >= 0.3 is 29.4 Å². The minimum atomic E-state index is -2.66. The topological polar surface area (TPSA) is 98.8 Å². The van der Waals surface area contributed by atoms with Crippen LogP contribution in [-0.4, -0.2) is 46.1 Å². The molecule has 0 aromatic heterocycles. The van der Waals surface area contributed by atoms with Gasteiger partial charge in [-0.05, 0) is 190 Å². The maximum Gasteiger partial charge on any atom is 0.519 e. The van der Waals surface area contributed by atoms with Crippen LogP contribution in [0.5, 0.6) is 23.0 Å². The van der Waals surface area contributed by atoms with Crippen molar-refractivity contribution < 1.29 is 40.9 Å². The lowest BCUT2D eigenvalue weighted by Gasteiger charge is -2.41. The summed E-state index contributed by atoms with van der Waals surface area (Å²) in [5.74, 6) is 1.53. The van der Waals surface area contributed by atoms with E-state index in [1.54, 1.807) is 12.1 Å². The van der Waals surface area contributed by atoms with Crippen molar-refractivity contribution >= 4 is 46.1 Å². The van der Waals surface area contributed by atoms with Crippen LogP contribution in [0.4, 0.5) is 9.59 Å². The fraction of sp³-hybridized carbons (Fsp3) is 0.302. The zero-order chi connectivity index (χ0) is 54.8. The first-order chi connectivity index (χ1) is 35.7. The first kappa shape index (κ1) is 56.0. The molecule has 1 aliphatic carbocycles. The molecule has 7 aromatic rings. The predicted octanol–water partition coefficient (Wildman–Crippen LogP) is 16.9. The van der Waals surface area contributed by atoms with E-state index in [-0.39, 0.29) is 5.41 Å². The van der Waals surface area contributed by atoms with E-state index in [4.69, 9.17) is 31.3 Å². The Morgan fingerprint density at radius 3 is 1.47 bits per heavy atom. The summed E-state index contributed by atoms with van der Waals surface area (Å²) < 4.78 is 44.6. The van der Waals surface area contributed by atoms with Crippen molar-refractivity contribution in [1.29, 1.82) is 0 Å². The number of hydrogen-bond donors (Lipinski definition) is 0. The van der Waals surface area contributed by atoms with Crippen molar-refractivity contribution in [2.75, 3.05) is 0 Å². The van der Waals surface area contributed by atoms with Crippen molar-refractivity contribution in [1.82, 2.24) is 0 Å². The summed E-state index contributed by atoms with van der Waals surface area (Å²) in [4.78, 5) is 27.7. The first-order valence-electron chi connectivity index (χ1n) is 26.3. The predicted molar refractivity (Wildman–Crippen MR) is 315 cm³/mol. The minimum Gasteiger partial charge on any atom is -0.437 e. The summed E-state index contributed by atoms with van der Waals surface area (Å²) in [5, 5.41) is 0. The highest BCUT2D eigenvalue weighted by atomic mass is 28.5. The van der Waals surface area contributed by atoms with Gasteiger partial charge in [-0.2, -0.15) is 0 Å². The zero-order valence-corrected chi connectivity index (χ0v) is 50.8. The van der Waals surface area contributed by atoms with Gasteiger partial charge in [0, 0.05) is 5.41 Å². The average Bonchev–Trinajstić information content (AvgIpc) is 3.79. The second-order valence-corrected chi connectivity index (χ2v) is 39.7. The van der Waals surface area contributed by atoms with Crippen LogP contribution in [0.3, 0.4) is 0 Å². The number of fused-ring (bicyclic) bond motifs is 3. The van der Waals surface area contributed by atoms with Crippen LogP contribution in [-0.2, 0) is 29.6 Å². The lowest BCUT2D eigenvalue weighted by atomic mass is 9.67. The number of hydrogen-bond acceptors (Lipinski definition) is 9. The maximum atomic E-state index is 14.0. The Labute approximate surface area is 455 Å². The average molecular weight is 1090 g/mol. The molecule has 0 heterocycles. The highest BCUT2D eigenvalue weighted by Crippen LogP contribution is 2.57. The van der Waals surface area contributed by atoms with Crippen LogP contribution in [0.2, 0.25) is 65.0 Å². The molecule has 0 fully saturated rings. The molecule has 0 spiro atoms. The molecule has 9 nitrogen and oxygen atoms in total. The summed E-state index contributed by atoms with van der Waals surface area (Å²) in [6, 6.07) is 53.1. The minimum absolute atomic E-state index is 0.259. The van der Waals surface area contributed by atoms with Crippen LogP contribution < -0.4 is 18.9 Å². The molecule has 0 bridgehead atoms. The molecule has 1 atom stereocenters. The SMILES string of the molecule is Cc1ccc(C(C)(C)c2ccc(OC(=O)Oc3cc(C4(c5ccc(C)c(OC(=O)Oc6ccccc6CCC[Si](C)(O[Si](C)(C)C)O[Si](C)(C)O[Si](C)(C)C)c5)c5ccccc5-c5ccccc54)ccc3C)cc2)cc1. The molecule has 0 aliphatic heterocycles. The third-order valence-electron chi connectivity index (χ3n) is 13.9. The fourth-order valence-electron chi connectivity index (χ4n) is 10.9. The quantitative estimate of drug-likeness (QED) is 0.0472. The van der Waals surface area contributed by atoms with Crippen molar-refractivity contribution in [3.63, 3.8) is 0 Å². The summed E-state index contributed by atoms with van der Waals surface area (Å²) in [5.41, 5.74) is 10.6. The lowest BCUT2D eigenvalue weighted by Crippen LogP contribution is -2.56. The van der Waals surface area contributed by atoms with E-state index in [9.17, 15) is 9.59 Å². The number of ether oxygens (including phenoxy) is 4.